The number of hydrogen-bond donors (Lipinski definition) is 0. The van der Waals surface area contributed by atoms with E-state index in [0.717, 1.165) is 12.8 Å². The molecule has 0 radical (unpaired) electrons. The van der Waals surface area contributed by atoms with E-state index in [0.29, 0.717) is 31.3 Å². The van der Waals surface area contributed by atoms with Crippen molar-refractivity contribution in [3.05, 3.63) is 71.0 Å². The molecular weight excluding hydrogens is 584 g/mol. The lowest BCUT2D eigenvalue weighted by Gasteiger charge is -2.37. The lowest BCUT2D eigenvalue weighted by atomic mass is 10.0. The number of rotatable bonds is 11. The van der Waals surface area contributed by atoms with Gasteiger partial charge in [0, 0.05) is 24.5 Å². The molecule has 232 valence electrons. The third-order valence-corrected chi connectivity index (χ3v) is 6.61. The van der Waals surface area contributed by atoms with E-state index in [1.807, 2.05) is 0 Å². The van der Waals surface area contributed by atoms with Gasteiger partial charge in [0.2, 0.25) is 0 Å². The van der Waals surface area contributed by atoms with E-state index >= 15 is 0 Å². The molecular formula is C28H28F8O6. The number of halogens is 8. The van der Waals surface area contributed by atoms with Gasteiger partial charge < -0.3 is 28.4 Å². The second kappa shape index (κ2) is 14.0. The van der Waals surface area contributed by atoms with Crippen LogP contribution in [0, 0.1) is 35.1 Å². The molecule has 14 heteroatoms. The number of alkyl halides is 2. The lowest BCUT2D eigenvalue weighted by Crippen LogP contribution is -2.44. The molecule has 4 rings (SSSR count). The Bertz CT molecular complexity index is 1190. The monoisotopic (exact) mass is 612 g/mol. The van der Waals surface area contributed by atoms with Crippen LogP contribution in [0.5, 0.6) is 11.5 Å². The fourth-order valence-corrected chi connectivity index (χ4v) is 4.63. The molecule has 2 heterocycles. The largest absolute Gasteiger partial charge is 0.453 e. The van der Waals surface area contributed by atoms with Crippen LogP contribution < -0.4 is 9.47 Å². The maximum absolute atomic E-state index is 14.7. The topological polar surface area (TPSA) is 55.4 Å². The summed E-state index contributed by atoms with van der Waals surface area (Å²) in [6.45, 7) is 3.82. The van der Waals surface area contributed by atoms with Gasteiger partial charge in [0.05, 0.1) is 32.3 Å². The first-order valence-corrected chi connectivity index (χ1v) is 13.1. The van der Waals surface area contributed by atoms with E-state index in [1.54, 1.807) is 0 Å². The number of ether oxygens (including phenoxy) is 6. The average molecular weight is 613 g/mol. The minimum atomic E-state index is -4.71. The van der Waals surface area contributed by atoms with Crippen molar-refractivity contribution in [1.29, 1.82) is 0 Å². The van der Waals surface area contributed by atoms with Crippen molar-refractivity contribution >= 4 is 0 Å². The Hall–Kier alpha value is -2.94. The van der Waals surface area contributed by atoms with Crippen LogP contribution in [0.1, 0.15) is 37.3 Å². The highest BCUT2D eigenvalue weighted by Crippen LogP contribution is 2.38. The van der Waals surface area contributed by atoms with Crippen molar-refractivity contribution in [3.8, 4) is 11.5 Å². The summed E-state index contributed by atoms with van der Waals surface area (Å²) < 4.78 is 142. The number of hydrogen-bond acceptors (Lipinski definition) is 6. The van der Waals surface area contributed by atoms with Crippen LogP contribution in [-0.4, -0.2) is 39.0 Å². The summed E-state index contributed by atoms with van der Waals surface area (Å²) in [5, 5.41) is 0. The number of aryl methyl sites for hydroxylation is 1. The summed E-state index contributed by atoms with van der Waals surface area (Å²) in [6, 6.07) is 1.72. The minimum absolute atomic E-state index is 0.0107. The van der Waals surface area contributed by atoms with Gasteiger partial charge >= 0.3 is 12.2 Å². The molecule has 2 fully saturated rings. The molecule has 2 aliphatic heterocycles. The van der Waals surface area contributed by atoms with Gasteiger partial charge in [0.15, 0.2) is 36.2 Å². The van der Waals surface area contributed by atoms with Gasteiger partial charge in [-0.25, -0.2) is 17.6 Å². The van der Waals surface area contributed by atoms with Crippen molar-refractivity contribution in [2.75, 3.05) is 26.4 Å². The third-order valence-electron chi connectivity index (χ3n) is 6.61. The fourth-order valence-electron chi connectivity index (χ4n) is 4.63. The smallest absolute Gasteiger partial charge is 0.432 e. The molecule has 2 aromatic rings. The Morgan fingerprint density at radius 2 is 1.45 bits per heavy atom. The summed E-state index contributed by atoms with van der Waals surface area (Å²) in [6.07, 6.45) is -6.33. The maximum Gasteiger partial charge on any atom is 0.432 e. The Labute approximate surface area is 236 Å². The molecule has 0 N–H and O–H groups in total. The van der Waals surface area contributed by atoms with Crippen LogP contribution in [0.4, 0.5) is 35.1 Å². The second-order valence-corrected chi connectivity index (χ2v) is 9.88. The SMILES string of the molecule is CCCC1COC(C2COC(CCc3cc(F)c(C(F)(F)Oc4cc(F)c(OC=C(F)F)c(F)c4)c(F)c3)OC2)OC1. The van der Waals surface area contributed by atoms with E-state index in [1.165, 1.54) is 0 Å². The summed E-state index contributed by atoms with van der Waals surface area (Å²) in [4.78, 5) is 0. The average Bonchev–Trinajstić information content (AvgIpc) is 2.91. The van der Waals surface area contributed by atoms with Crippen molar-refractivity contribution in [1.82, 2.24) is 0 Å². The Balaban J connectivity index is 1.33. The van der Waals surface area contributed by atoms with Gasteiger partial charge in [-0.05, 0) is 30.5 Å². The third kappa shape index (κ3) is 8.12. The maximum atomic E-state index is 14.7. The van der Waals surface area contributed by atoms with Gasteiger partial charge in [0.25, 0.3) is 0 Å². The molecule has 0 atom stereocenters. The Kier molecular flexibility index (Phi) is 10.7. The van der Waals surface area contributed by atoms with Gasteiger partial charge in [-0.3, -0.25) is 0 Å². The van der Waals surface area contributed by atoms with E-state index in [9.17, 15) is 35.1 Å². The van der Waals surface area contributed by atoms with E-state index in [-0.39, 0.29) is 55.9 Å². The van der Waals surface area contributed by atoms with E-state index < -0.39 is 65.1 Å². The quantitative estimate of drug-likeness (QED) is 0.198. The van der Waals surface area contributed by atoms with Crippen molar-refractivity contribution in [3.63, 3.8) is 0 Å². The van der Waals surface area contributed by atoms with Crippen LogP contribution in [0.3, 0.4) is 0 Å². The first kappa shape index (κ1) is 32.0. The Morgan fingerprint density at radius 1 is 0.857 bits per heavy atom. The molecule has 0 aromatic heterocycles. The highest BCUT2D eigenvalue weighted by atomic mass is 19.3. The predicted molar refractivity (Wildman–Crippen MR) is 130 cm³/mol. The van der Waals surface area contributed by atoms with Crippen LogP contribution in [0.25, 0.3) is 0 Å². The molecule has 42 heavy (non-hydrogen) atoms. The van der Waals surface area contributed by atoms with E-state index in [4.69, 9.17) is 18.9 Å². The molecule has 2 saturated heterocycles. The van der Waals surface area contributed by atoms with Crippen LogP contribution in [0.2, 0.25) is 0 Å². The summed E-state index contributed by atoms with van der Waals surface area (Å²) >= 11 is 0. The van der Waals surface area contributed by atoms with Crippen LogP contribution >= 0.6 is 0 Å². The minimum Gasteiger partial charge on any atom is -0.453 e. The molecule has 2 aliphatic rings. The zero-order valence-electron chi connectivity index (χ0n) is 22.3. The molecule has 0 unspecified atom stereocenters. The molecule has 0 aliphatic carbocycles. The van der Waals surface area contributed by atoms with Crippen molar-refractivity contribution < 1.29 is 63.5 Å². The summed E-state index contributed by atoms with van der Waals surface area (Å²) in [7, 11) is 0. The van der Waals surface area contributed by atoms with Crippen molar-refractivity contribution in [2.24, 2.45) is 11.8 Å². The Morgan fingerprint density at radius 3 is 2.00 bits per heavy atom. The summed E-state index contributed by atoms with van der Waals surface area (Å²) in [5.74, 6) is -8.99. The van der Waals surface area contributed by atoms with Crippen molar-refractivity contribution in [2.45, 2.75) is 51.3 Å². The van der Waals surface area contributed by atoms with Crippen LogP contribution in [-0.2, 0) is 31.5 Å². The summed E-state index contributed by atoms with van der Waals surface area (Å²) in [5.41, 5.74) is -1.77. The fraction of sp³-hybridized carbons (Fsp3) is 0.500. The van der Waals surface area contributed by atoms with Crippen LogP contribution in [0.15, 0.2) is 36.6 Å². The second-order valence-electron chi connectivity index (χ2n) is 9.88. The molecule has 2 aromatic carbocycles. The van der Waals surface area contributed by atoms with Gasteiger partial charge in [-0.2, -0.15) is 17.6 Å². The zero-order chi connectivity index (χ0) is 30.4. The van der Waals surface area contributed by atoms with E-state index in [2.05, 4.69) is 16.4 Å². The van der Waals surface area contributed by atoms with Gasteiger partial charge in [-0.15, -0.1) is 0 Å². The first-order chi connectivity index (χ1) is 20.0. The molecule has 0 amide bonds. The zero-order valence-corrected chi connectivity index (χ0v) is 22.3. The lowest BCUT2D eigenvalue weighted by molar-refractivity contribution is -0.281. The highest BCUT2D eigenvalue weighted by Gasteiger charge is 2.42. The molecule has 0 saturated carbocycles. The molecule has 6 nitrogen and oxygen atoms in total. The van der Waals surface area contributed by atoms with Gasteiger partial charge in [0.1, 0.15) is 22.9 Å². The highest BCUT2D eigenvalue weighted by molar-refractivity contribution is 5.36. The normalized spacial score (nSPS) is 23.0. The molecule has 0 spiro atoms. The predicted octanol–water partition coefficient (Wildman–Crippen LogP) is 7.20. The molecule has 0 bridgehead atoms. The standard InChI is InChI=1S/C28H28F8O6/c1-2-3-16-10-40-27(41-11-16)17-12-37-24(38-13-17)5-4-15-6-19(29)25(20(30)7-15)28(35,36)42-18-8-21(31)26(22(32)9-18)39-14-23(33)34/h6-9,14,16-17,24,27H,2-5,10-13H2,1H3. The first-order valence-electron chi connectivity index (χ1n) is 13.1. The van der Waals surface area contributed by atoms with Gasteiger partial charge in [-0.1, -0.05) is 13.3 Å². The number of benzene rings is 2.